The lowest BCUT2D eigenvalue weighted by atomic mass is 10.1. The average Bonchev–Trinajstić information content (AvgIpc) is 2.97. The number of benzene rings is 1. The Balaban J connectivity index is 2.04. The van der Waals surface area contributed by atoms with E-state index >= 15 is 0 Å². The smallest absolute Gasteiger partial charge is 0.252 e. The van der Waals surface area contributed by atoms with Gasteiger partial charge in [-0.15, -0.1) is 0 Å². The highest BCUT2D eigenvalue weighted by Gasteiger charge is 2.43. The SMILES string of the molecule is NC(N)=NC(=O)[C@@H]1C[C@H]1c1ccc(Cl)cc1. The molecule has 5 heteroatoms. The number of guanidine groups is 1. The molecule has 1 aromatic rings. The van der Waals surface area contributed by atoms with Crippen LogP contribution in [0.5, 0.6) is 0 Å². The van der Waals surface area contributed by atoms with Gasteiger partial charge in [0.1, 0.15) is 0 Å². The number of rotatable bonds is 2. The number of amides is 1. The zero-order chi connectivity index (χ0) is 11.7. The maximum atomic E-state index is 11.5. The minimum atomic E-state index is -0.236. The van der Waals surface area contributed by atoms with Crippen LogP contribution in [0, 0.1) is 5.92 Å². The molecule has 16 heavy (non-hydrogen) atoms. The first-order valence-corrected chi connectivity index (χ1v) is 5.34. The van der Waals surface area contributed by atoms with E-state index in [1.54, 1.807) is 0 Å². The first-order chi connectivity index (χ1) is 7.58. The lowest BCUT2D eigenvalue weighted by Gasteiger charge is -1.98. The molecular formula is C11H12ClN3O. The Labute approximate surface area is 98.3 Å². The van der Waals surface area contributed by atoms with E-state index in [9.17, 15) is 4.79 Å². The van der Waals surface area contributed by atoms with E-state index in [1.807, 2.05) is 24.3 Å². The molecule has 1 saturated carbocycles. The molecule has 0 aromatic heterocycles. The molecule has 1 aromatic carbocycles. The van der Waals surface area contributed by atoms with E-state index in [-0.39, 0.29) is 23.7 Å². The molecule has 1 amide bonds. The van der Waals surface area contributed by atoms with Crippen molar-refractivity contribution in [1.82, 2.24) is 0 Å². The highest BCUT2D eigenvalue weighted by Crippen LogP contribution is 2.48. The van der Waals surface area contributed by atoms with Crippen LogP contribution in [-0.2, 0) is 4.79 Å². The summed E-state index contributed by atoms with van der Waals surface area (Å²) in [4.78, 5) is 15.0. The third-order valence-electron chi connectivity index (χ3n) is 2.65. The van der Waals surface area contributed by atoms with Crippen LogP contribution in [-0.4, -0.2) is 11.9 Å². The summed E-state index contributed by atoms with van der Waals surface area (Å²) in [6, 6.07) is 7.49. The Bertz CT molecular complexity index is 437. The van der Waals surface area contributed by atoms with Crippen molar-refractivity contribution in [3.05, 3.63) is 34.9 Å². The molecule has 0 radical (unpaired) electrons. The number of carbonyl (C=O) groups is 1. The van der Waals surface area contributed by atoms with Crippen LogP contribution in [0.4, 0.5) is 0 Å². The molecule has 0 saturated heterocycles. The summed E-state index contributed by atoms with van der Waals surface area (Å²) in [5.74, 6) is -0.261. The summed E-state index contributed by atoms with van der Waals surface area (Å²) in [5, 5.41) is 0.691. The molecule has 0 bridgehead atoms. The van der Waals surface area contributed by atoms with Crippen molar-refractivity contribution >= 4 is 23.5 Å². The van der Waals surface area contributed by atoms with Crippen LogP contribution in [0.2, 0.25) is 5.02 Å². The van der Waals surface area contributed by atoms with Gasteiger partial charge in [0.15, 0.2) is 5.96 Å². The van der Waals surface area contributed by atoms with Gasteiger partial charge in [-0.05, 0) is 30.0 Å². The number of aliphatic imine (C=N–C) groups is 1. The maximum absolute atomic E-state index is 11.5. The van der Waals surface area contributed by atoms with Crippen LogP contribution >= 0.6 is 11.6 Å². The van der Waals surface area contributed by atoms with E-state index < -0.39 is 0 Å². The summed E-state index contributed by atoms with van der Waals surface area (Å²) in [6.45, 7) is 0. The lowest BCUT2D eigenvalue weighted by Crippen LogP contribution is -2.24. The summed E-state index contributed by atoms with van der Waals surface area (Å²) < 4.78 is 0. The Hall–Kier alpha value is -1.55. The van der Waals surface area contributed by atoms with Crippen molar-refractivity contribution in [2.75, 3.05) is 0 Å². The van der Waals surface area contributed by atoms with Crippen molar-refractivity contribution < 1.29 is 4.79 Å². The molecular weight excluding hydrogens is 226 g/mol. The van der Waals surface area contributed by atoms with Crippen LogP contribution in [0.25, 0.3) is 0 Å². The van der Waals surface area contributed by atoms with Crippen LogP contribution < -0.4 is 11.5 Å². The van der Waals surface area contributed by atoms with Gasteiger partial charge in [0.25, 0.3) is 5.91 Å². The molecule has 1 fully saturated rings. The molecule has 4 nitrogen and oxygen atoms in total. The number of carbonyl (C=O) groups excluding carboxylic acids is 1. The van der Waals surface area contributed by atoms with E-state index in [0.717, 1.165) is 12.0 Å². The third kappa shape index (κ3) is 2.33. The van der Waals surface area contributed by atoms with Gasteiger partial charge in [-0.25, -0.2) is 0 Å². The van der Waals surface area contributed by atoms with Gasteiger partial charge < -0.3 is 11.5 Å². The van der Waals surface area contributed by atoms with E-state index in [2.05, 4.69) is 4.99 Å². The first kappa shape index (κ1) is 11.0. The molecule has 0 heterocycles. The molecule has 2 rings (SSSR count). The van der Waals surface area contributed by atoms with Crippen LogP contribution in [0.1, 0.15) is 17.9 Å². The summed E-state index contributed by atoms with van der Waals surface area (Å²) in [5.41, 5.74) is 11.4. The Morgan fingerprint density at radius 2 is 1.94 bits per heavy atom. The van der Waals surface area contributed by atoms with Gasteiger partial charge in [-0.3, -0.25) is 4.79 Å². The fourth-order valence-electron chi connectivity index (χ4n) is 1.76. The van der Waals surface area contributed by atoms with Crippen LogP contribution in [0.3, 0.4) is 0 Å². The first-order valence-electron chi connectivity index (χ1n) is 4.97. The fraction of sp³-hybridized carbons (Fsp3) is 0.273. The minimum absolute atomic E-state index is 0.0803. The predicted octanol–water partition coefficient (Wildman–Crippen LogP) is 1.24. The Kier molecular flexibility index (Phi) is 2.83. The zero-order valence-corrected chi connectivity index (χ0v) is 9.32. The number of hydrogen-bond acceptors (Lipinski definition) is 1. The zero-order valence-electron chi connectivity index (χ0n) is 8.56. The molecule has 0 aliphatic heterocycles. The van der Waals surface area contributed by atoms with E-state index in [0.29, 0.717) is 5.02 Å². The summed E-state index contributed by atoms with van der Waals surface area (Å²) in [7, 11) is 0. The van der Waals surface area contributed by atoms with Crippen molar-refractivity contribution in [2.45, 2.75) is 12.3 Å². The monoisotopic (exact) mass is 237 g/mol. The van der Waals surface area contributed by atoms with Crippen LogP contribution in [0.15, 0.2) is 29.3 Å². The van der Waals surface area contributed by atoms with Crippen molar-refractivity contribution in [3.63, 3.8) is 0 Å². The molecule has 0 unspecified atom stereocenters. The Morgan fingerprint density at radius 3 is 2.50 bits per heavy atom. The maximum Gasteiger partial charge on any atom is 0.252 e. The quantitative estimate of drug-likeness (QED) is 0.600. The minimum Gasteiger partial charge on any atom is -0.370 e. The van der Waals surface area contributed by atoms with E-state index in [1.165, 1.54) is 0 Å². The molecule has 84 valence electrons. The largest absolute Gasteiger partial charge is 0.370 e. The summed E-state index contributed by atoms with van der Waals surface area (Å²) >= 11 is 5.78. The number of hydrogen-bond donors (Lipinski definition) is 2. The molecule has 4 N–H and O–H groups in total. The Morgan fingerprint density at radius 1 is 1.31 bits per heavy atom. The van der Waals surface area contributed by atoms with Gasteiger partial charge in [0.2, 0.25) is 0 Å². The third-order valence-corrected chi connectivity index (χ3v) is 2.90. The lowest BCUT2D eigenvalue weighted by molar-refractivity contribution is -0.119. The van der Waals surface area contributed by atoms with Gasteiger partial charge in [0.05, 0.1) is 0 Å². The second-order valence-corrected chi connectivity index (χ2v) is 4.31. The van der Waals surface area contributed by atoms with Crippen molar-refractivity contribution in [2.24, 2.45) is 22.4 Å². The van der Waals surface area contributed by atoms with Gasteiger partial charge in [-0.1, -0.05) is 23.7 Å². The average molecular weight is 238 g/mol. The highest BCUT2D eigenvalue weighted by molar-refractivity contribution is 6.30. The molecule has 1 aliphatic rings. The second-order valence-electron chi connectivity index (χ2n) is 3.88. The normalized spacial score (nSPS) is 22.6. The van der Waals surface area contributed by atoms with Gasteiger partial charge in [0, 0.05) is 10.9 Å². The molecule has 0 spiro atoms. The van der Waals surface area contributed by atoms with Gasteiger partial charge in [-0.2, -0.15) is 4.99 Å². The number of nitrogens with two attached hydrogens (primary N) is 2. The van der Waals surface area contributed by atoms with E-state index in [4.69, 9.17) is 23.1 Å². The second kappa shape index (κ2) is 4.14. The number of nitrogens with zero attached hydrogens (tertiary/aromatic N) is 1. The van der Waals surface area contributed by atoms with Crippen molar-refractivity contribution in [3.8, 4) is 0 Å². The molecule has 1 aliphatic carbocycles. The fourth-order valence-corrected chi connectivity index (χ4v) is 1.88. The number of halogens is 1. The van der Waals surface area contributed by atoms with Crippen molar-refractivity contribution in [1.29, 1.82) is 0 Å². The topological polar surface area (TPSA) is 81.5 Å². The molecule has 2 atom stereocenters. The standard InChI is InChI=1S/C11H12ClN3O/c12-7-3-1-6(2-4-7)8-5-9(8)10(16)15-11(13)14/h1-4,8-9H,5H2,(H4,13,14,15,16)/t8-,9+/m0/s1. The predicted molar refractivity (Wildman–Crippen MR) is 63.1 cm³/mol. The summed E-state index contributed by atoms with van der Waals surface area (Å²) in [6.07, 6.45) is 0.803. The highest BCUT2D eigenvalue weighted by atomic mass is 35.5. The van der Waals surface area contributed by atoms with Gasteiger partial charge >= 0.3 is 0 Å².